The van der Waals surface area contributed by atoms with E-state index in [1.807, 2.05) is 6.92 Å². The van der Waals surface area contributed by atoms with Gasteiger partial charge >= 0.3 is 0 Å². The molecule has 0 heterocycles. The molecule has 1 unspecified atom stereocenters. The van der Waals surface area contributed by atoms with Gasteiger partial charge in [0.05, 0.1) is 11.7 Å². The van der Waals surface area contributed by atoms with Gasteiger partial charge in [-0.05, 0) is 29.7 Å². The van der Waals surface area contributed by atoms with Crippen LogP contribution in [0.2, 0.25) is 0 Å². The molecule has 76 valence electrons. The third-order valence-electron chi connectivity index (χ3n) is 2.04. The van der Waals surface area contributed by atoms with Gasteiger partial charge in [-0.1, -0.05) is 19.1 Å². The molecule has 0 nitrogen and oxygen atoms in total. The fourth-order valence-electron chi connectivity index (χ4n) is 1.16. The van der Waals surface area contributed by atoms with Gasteiger partial charge in [-0.3, -0.25) is 0 Å². The van der Waals surface area contributed by atoms with Crippen LogP contribution in [-0.2, 0) is 0 Å². The molecule has 0 N–H and O–H groups in total. The lowest BCUT2D eigenvalue weighted by atomic mass is 10.0. The summed E-state index contributed by atoms with van der Waals surface area (Å²) in [6.45, 7) is 1.82. The van der Waals surface area contributed by atoms with E-state index in [0.29, 0.717) is 23.9 Å². The molecule has 1 aromatic rings. The molecule has 0 spiro atoms. The van der Waals surface area contributed by atoms with E-state index >= 15 is 0 Å². The van der Waals surface area contributed by atoms with Crippen LogP contribution in [0.4, 0.5) is 8.78 Å². The highest BCUT2D eigenvalue weighted by molar-refractivity contribution is 6.22. The van der Waals surface area contributed by atoms with Crippen LogP contribution in [0.3, 0.4) is 0 Å². The maximum atomic E-state index is 12.6. The van der Waals surface area contributed by atoms with Crippen LogP contribution in [0.5, 0.6) is 0 Å². The van der Waals surface area contributed by atoms with Crippen LogP contribution in [0.1, 0.15) is 24.3 Å². The van der Waals surface area contributed by atoms with Crippen LogP contribution in [0.15, 0.2) is 36.2 Å². The Morgan fingerprint density at radius 1 is 1.43 bits per heavy atom. The Bertz CT molecular complexity index is 317. The first-order chi connectivity index (χ1) is 6.69. The number of halogens is 3. The summed E-state index contributed by atoms with van der Waals surface area (Å²) in [6, 6.07) is 5.75. The Morgan fingerprint density at radius 3 is 2.43 bits per heavy atom. The van der Waals surface area contributed by atoms with Gasteiger partial charge in [-0.2, -0.15) is 0 Å². The lowest BCUT2D eigenvalue weighted by Crippen LogP contribution is -1.94. The number of benzene rings is 1. The molecule has 0 radical (unpaired) electrons. The second kappa shape index (κ2) is 5.11. The first-order valence-electron chi connectivity index (χ1n) is 4.37. The highest BCUT2D eigenvalue weighted by atomic mass is 35.5. The zero-order chi connectivity index (χ0) is 10.6. The van der Waals surface area contributed by atoms with Crippen LogP contribution >= 0.6 is 11.6 Å². The van der Waals surface area contributed by atoms with Crippen molar-refractivity contribution in [1.29, 1.82) is 0 Å². The summed E-state index contributed by atoms with van der Waals surface area (Å²) in [5.41, 5.74) is 1.21. The molecule has 0 aliphatic heterocycles. The van der Waals surface area contributed by atoms with Gasteiger partial charge in [0.2, 0.25) is 0 Å². The van der Waals surface area contributed by atoms with Crippen molar-refractivity contribution in [2.24, 2.45) is 0 Å². The molecule has 1 rings (SSSR count). The summed E-state index contributed by atoms with van der Waals surface area (Å²) in [4.78, 5) is 0. The standard InChI is InChI=1S/C11H11ClF2/c1-2-8(7-13)11(12)9-3-5-10(14)6-4-9/h3-7,11H,2H2,1H3. The lowest BCUT2D eigenvalue weighted by Gasteiger charge is -2.11. The Kier molecular flexibility index (Phi) is 4.08. The topological polar surface area (TPSA) is 0 Å². The van der Waals surface area contributed by atoms with Gasteiger partial charge in [0.1, 0.15) is 5.82 Å². The van der Waals surface area contributed by atoms with Crippen molar-refractivity contribution in [3.05, 3.63) is 47.5 Å². The van der Waals surface area contributed by atoms with Crippen LogP contribution in [0, 0.1) is 5.82 Å². The highest BCUT2D eigenvalue weighted by Crippen LogP contribution is 2.30. The van der Waals surface area contributed by atoms with E-state index in [9.17, 15) is 8.78 Å². The Labute approximate surface area is 87.2 Å². The molecule has 0 bridgehead atoms. The summed E-state index contributed by atoms with van der Waals surface area (Å²) in [6.07, 6.45) is 1.06. The van der Waals surface area contributed by atoms with Gasteiger partial charge in [-0.25, -0.2) is 8.78 Å². The quantitative estimate of drug-likeness (QED) is 0.659. The maximum Gasteiger partial charge on any atom is 0.123 e. The first kappa shape index (κ1) is 11.2. The second-order valence-electron chi connectivity index (χ2n) is 2.95. The van der Waals surface area contributed by atoms with E-state index in [4.69, 9.17) is 11.6 Å². The summed E-state index contributed by atoms with van der Waals surface area (Å²) < 4.78 is 24.9. The zero-order valence-electron chi connectivity index (χ0n) is 7.81. The number of hydrogen-bond acceptors (Lipinski definition) is 0. The van der Waals surface area contributed by atoms with Gasteiger partial charge in [-0.15, -0.1) is 11.6 Å². The van der Waals surface area contributed by atoms with Crippen molar-refractivity contribution in [2.45, 2.75) is 18.7 Å². The van der Waals surface area contributed by atoms with Crippen LogP contribution in [-0.4, -0.2) is 0 Å². The van der Waals surface area contributed by atoms with Crippen molar-refractivity contribution in [3.8, 4) is 0 Å². The molecule has 0 aliphatic carbocycles. The third kappa shape index (κ3) is 2.55. The molecule has 0 saturated heterocycles. The largest absolute Gasteiger partial charge is 0.216 e. The average molecular weight is 217 g/mol. The van der Waals surface area contributed by atoms with E-state index in [2.05, 4.69) is 0 Å². The van der Waals surface area contributed by atoms with E-state index in [1.54, 1.807) is 12.1 Å². The summed E-state index contributed by atoms with van der Waals surface area (Å²) in [5, 5.41) is -0.509. The summed E-state index contributed by atoms with van der Waals surface area (Å²) in [7, 11) is 0. The maximum absolute atomic E-state index is 12.6. The van der Waals surface area contributed by atoms with E-state index < -0.39 is 5.38 Å². The number of alkyl halides is 1. The fourth-order valence-corrected chi connectivity index (χ4v) is 1.50. The molecule has 0 aromatic heterocycles. The van der Waals surface area contributed by atoms with Crippen molar-refractivity contribution < 1.29 is 8.78 Å². The Balaban J connectivity index is 2.89. The third-order valence-corrected chi connectivity index (χ3v) is 2.57. The SMILES string of the molecule is CCC(=CF)C(Cl)c1ccc(F)cc1. The number of allylic oxidation sites excluding steroid dienone is 1. The molecule has 0 saturated carbocycles. The minimum atomic E-state index is -0.509. The van der Waals surface area contributed by atoms with Crippen molar-refractivity contribution >= 4 is 11.6 Å². The molecule has 0 aliphatic rings. The fraction of sp³-hybridized carbons (Fsp3) is 0.273. The molecular weight excluding hydrogens is 206 g/mol. The monoisotopic (exact) mass is 216 g/mol. The molecular formula is C11H11ClF2. The van der Waals surface area contributed by atoms with Crippen molar-refractivity contribution in [3.63, 3.8) is 0 Å². The Morgan fingerprint density at radius 2 is 2.00 bits per heavy atom. The normalized spacial score (nSPS) is 14.1. The molecule has 0 fully saturated rings. The average Bonchev–Trinajstić information content (AvgIpc) is 2.20. The van der Waals surface area contributed by atoms with Crippen LogP contribution in [0.25, 0.3) is 0 Å². The minimum absolute atomic E-state index is 0.320. The zero-order valence-corrected chi connectivity index (χ0v) is 8.56. The first-order valence-corrected chi connectivity index (χ1v) is 4.81. The molecule has 0 amide bonds. The lowest BCUT2D eigenvalue weighted by molar-refractivity contribution is 0.627. The molecule has 1 aromatic carbocycles. The molecule has 3 heteroatoms. The van der Waals surface area contributed by atoms with Gasteiger partial charge in [0.25, 0.3) is 0 Å². The minimum Gasteiger partial charge on any atom is -0.216 e. The van der Waals surface area contributed by atoms with Crippen molar-refractivity contribution in [2.75, 3.05) is 0 Å². The second-order valence-corrected chi connectivity index (χ2v) is 3.39. The number of rotatable bonds is 3. The predicted octanol–water partition coefficient (Wildman–Crippen LogP) is 4.37. The predicted molar refractivity (Wildman–Crippen MR) is 54.5 cm³/mol. The van der Waals surface area contributed by atoms with Gasteiger partial charge in [0, 0.05) is 0 Å². The highest BCUT2D eigenvalue weighted by Gasteiger charge is 2.12. The smallest absolute Gasteiger partial charge is 0.123 e. The number of hydrogen-bond donors (Lipinski definition) is 0. The van der Waals surface area contributed by atoms with Crippen molar-refractivity contribution in [1.82, 2.24) is 0 Å². The van der Waals surface area contributed by atoms with E-state index in [-0.39, 0.29) is 5.82 Å². The summed E-state index contributed by atoms with van der Waals surface area (Å²) in [5.74, 6) is -0.320. The van der Waals surface area contributed by atoms with Gasteiger partial charge < -0.3 is 0 Å². The molecule has 14 heavy (non-hydrogen) atoms. The van der Waals surface area contributed by atoms with E-state index in [0.717, 1.165) is 0 Å². The van der Waals surface area contributed by atoms with Crippen LogP contribution < -0.4 is 0 Å². The Hall–Kier alpha value is -0.890. The van der Waals surface area contributed by atoms with E-state index in [1.165, 1.54) is 12.1 Å². The summed E-state index contributed by atoms with van der Waals surface area (Å²) >= 11 is 5.99. The van der Waals surface area contributed by atoms with Gasteiger partial charge in [0.15, 0.2) is 0 Å². The molecule has 1 atom stereocenters.